The molecule has 1 aliphatic carbocycles. The van der Waals surface area contributed by atoms with Crippen molar-refractivity contribution >= 4 is 11.8 Å². The van der Waals surface area contributed by atoms with Crippen molar-refractivity contribution < 1.29 is 14.7 Å². The van der Waals surface area contributed by atoms with E-state index in [1.807, 2.05) is 0 Å². The molecule has 18 heavy (non-hydrogen) atoms. The van der Waals surface area contributed by atoms with Gasteiger partial charge in [-0.25, -0.2) is 0 Å². The van der Waals surface area contributed by atoms with Gasteiger partial charge in [0.15, 0.2) is 0 Å². The molecule has 0 aromatic heterocycles. The number of aliphatic hydroxyl groups is 1. The fourth-order valence-corrected chi connectivity index (χ4v) is 2.96. The van der Waals surface area contributed by atoms with Crippen LogP contribution in [0.4, 0.5) is 0 Å². The summed E-state index contributed by atoms with van der Waals surface area (Å²) in [6, 6.07) is 0.0808. The van der Waals surface area contributed by atoms with Crippen LogP contribution in [0.25, 0.3) is 0 Å². The van der Waals surface area contributed by atoms with E-state index in [-0.39, 0.29) is 36.3 Å². The number of carbonyl (C=O) groups excluding carboxylic acids is 2. The molecule has 3 unspecified atom stereocenters. The van der Waals surface area contributed by atoms with Gasteiger partial charge in [-0.15, -0.1) is 0 Å². The zero-order valence-electron chi connectivity index (χ0n) is 10.9. The molecule has 0 radical (unpaired) electrons. The van der Waals surface area contributed by atoms with Crippen molar-refractivity contribution in [3.05, 3.63) is 0 Å². The molecule has 3 atom stereocenters. The van der Waals surface area contributed by atoms with E-state index in [1.165, 1.54) is 0 Å². The number of carbonyl (C=O) groups is 2. The van der Waals surface area contributed by atoms with Crippen LogP contribution in [0.5, 0.6) is 0 Å². The zero-order chi connectivity index (χ0) is 13.1. The van der Waals surface area contributed by atoms with Crippen LogP contribution in [0.2, 0.25) is 0 Å². The molecule has 2 fully saturated rings. The lowest BCUT2D eigenvalue weighted by atomic mass is 9.84. The van der Waals surface area contributed by atoms with Gasteiger partial charge in [0.25, 0.3) is 0 Å². The van der Waals surface area contributed by atoms with Crippen LogP contribution in [-0.4, -0.2) is 48.1 Å². The lowest BCUT2D eigenvalue weighted by Gasteiger charge is -2.31. The van der Waals surface area contributed by atoms with Crippen molar-refractivity contribution in [2.45, 2.75) is 38.1 Å². The number of hydrogen-bond donors (Lipinski definition) is 2. The molecular weight excluding hydrogens is 232 g/mol. The molecular formula is C13H22N2O3. The standard InChI is InChI=1S/C13H22N2O3/c1-15-7-10(6-12(15)17)13(18)14-11-5-3-2-4-9(11)8-16/h9-11,16H,2-8H2,1H3,(H,14,18). The summed E-state index contributed by atoms with van der Waals surface area (Å²) in [7, 11) is 1.73. The van der Waals surface area contributed by atoms with E-state index < -0.39 is 0 Å². The summed E-state index contributed by atoms with van der Waals surface area (Å²) >= 11 is 0. The molecule has 1 saturated heterocycles. The van der Waals surface area contributed by atoms with E-state index >= 15 is 0 Å². The molecule has 0 aromatic rings. The molecule has 0 aromatic carbocycles. The van der Waals surface area contributed by atoms with Crippen LogP contribution in [0, 0.1) is 11.8 Å². The topological polar surface area (TPSA) is 69.6 Å². The molecule has 2 rings (SSSR count). The summed E-state index contributed by atoms with van der Waals surface area (Å²) in [6.07, 6.45) is 4.46. The number of aliphatic hydroxyl groups excluding tert-OH is 1. The van der Waals surface area contributed by atoms with Gasteiger partial charge < -0.3 is 15.3 Å². The van der Waals surface area contributed by atoms with Gasteiger partial charge in [-0.3, -0.25) is 9.59 Å². The van der Waals surface area contributed by atoms with Crippen LogP contribution >= 0.6 is 0 Å². The minimum atomic E-state index is -0.219. The van der Waals surface area contributed by atoms with Crippen molar-refractivity contribution in [1.29, 1.82) is 0 Å². The van der Waals surface area contributed by atoms with Crippen molar-refractivity contribution in [3.8, 4) is 0 Å². The molecule has 2 N–H and O–H groups in total. The number of amides is 2. The van der Waals surface area contributed by atoms with E-state index in [9.17, 15) is 14.7 Å². The summed E-state index contributed by atoms with van der Waals surface area (Å²) in [4.78, 5) is 25.1. The van der Waals surface area contributed by atoms with Gasteiger partial charge in [-0.1, -0.05) is 12.8 Å². The van der Waals surface area contributed by atoms with E-state index in [1.54, 1.807) is 11.9 Å². The Kier molecular flexibility index (Phi) is 4.22. The van der Waals surface area contributed by atoms with Crippen molar-refractivity contribution in [3.63, 3.8) is 0 Å². The predicted molar refractivity (Wildman–Crippen MR) is 66.7 cm³/mol. The summed E-state index contributed by atoms with van der Waals surface area (Å²) < 4.78 is 0. The van der Waals surface area contributed by atoms with Crippen LogP contribution in [0.3, 0.4) is 0 Å². The quantitative estimate of drug-likeness (QED) is 0.752. The van der Waals surface area contributed by atoms with Crippen molar-refractivity contribution in [2.75, 3.05) is 20.2 Å². The molecule has 1 aliphatic heterocycles. The van der Waals surface area contributed by atoms with Gasteiger partial charge in [-0.2, -0.15) is 0 Å². The first-order chi connectivity index (χ1) is 8.61. The SMILES string of the molecule is CN1CC(C(=O)NC2CCCCC2CO)CC1=O. The number of likely N-dealkylation sites (tertiary alicyclic amines) is 1. The summed E-state index contributed by atoms with van der Waals surface area (Å²) in [6.45, 7) is 0.648. The molecule has 102 valence electrons. The van der Waals surface area contributed by atoms with Gasteiger partial charge in [0.05, 0.1) is 5.92 Å². The maximum atomic E-state index is 12.1. The lowest BCUT2D eigenvalue weighted by molar-refractivity contribution is -0.129. The first kappa shape index (κ1) is 13.3. The van der Waals surface area contributed by atoms with Crippen LogP contribution in [-0.2, 0) is 9.59 Å². The Hall–Kier alpha value is -1.10. The third-order valence-electron chi connectivity index (χ3n) is 4.18. The average Bonchev–Trinajstić information content (AvgIpc) is 2.70. The molecule has 2 amide bonds. The van der Waals surface area contributed by atoms with E-state index in [0.717, 1.165) is 25.7 Å². The minimum absolute atomic E-state index is 0.0296. The predicted octanol–water partition coefficient (Wildman–Crippen LogP) is 0.132. The molecule has 0 spiro atoms. The molecule has 0 bridgehead atoms. The fourth-order valence-electron chi connectivity index (χ4n) is 2.96. The highest BCUT2D eigenvalue weighted by Gasteiger charge is 2.34. The lowest BCUT2D eigenvalue weighted by Crippen LogP contribution is -2.46. The maximum Gasteiger partial charge on any atom is 0.225 e. The van der Waals surface area contributed by atoms with Crippen LogP contribution in [0.15, 0.2) is 0 Å². The fraction of sp³-hybridized carbons (Fsp3) is 0.846. The summed E-state index contributed by atoms with van der Waals surface area (Å²) in [5.41, 5.74) is 0. The Labute approximate surface area is 108 Å². The number of nitrogens with one attached hydrogen (secondary N) is 1. The number of nitrogens with zero attached hydrogens (tertiary/aromatic N) is 1. The zero-order valence-corrected chi connectivity index (χ0v) is 10.9. The van der Waals surface area contributed by atoms with E-state index in [0.29, 0.717) is 13.0 Å². The second-order valence-corrected chi connectivity index (χ2v) is 5.52. The number of rotatable bonds is 3. The van der Waals surface area contributed by atoms with Gasteiger partial charge in [-0.05, 0) is 12.8 Å². The van der Waals surface area contributed by atoms with Gasteiger partial charge in [0, 0.05) is 38.6 Å². The average molecular weight is 254 g/mol. The Morgan fingerprint density at radius 1 is 1.44 bits per heavy atom. The van der Waals surface area contributed by atoms with E-state index in [2.05, 4.69) is 5.32 Å². The van der Waals surface area contributed by atoms with Gasteiger partial charge >= 0.3 is 0 Å². The Balaban J connectivity index is 1.88. The Morgan fingerprint density at radius 2 is 2.17 bits per heavy atom. The molecule has 2 aliphatic rings. The second kappa shape index (κ2) is 5.69. The maximum absolute atomic E-state index is 12.1. The van der Waals surface area contributed by atoms with Crippen molar-refractivity contribution in [2.24, 2.45) is 11.8 Å². The smallest absolute Gasteiger partial charge is 0.225 e. The summed E-state index contributed by atoms with van der Waals surface area (Å²) in [5, 5.41) is 12.3. The first-order valence-electron chi connectivity index (χ1n) is 6.77. The molecule has 5 heteroatoms. The first-order valence-corrected chi connectivity index (χ1v) is 6.77. The molecule has 5 nitrogen and oxygen atoms in total. The second-order valence-electron chi connectivity index (χ2n) is 5.52. The van der Waals surface area contributed by atoms with E-state index in [4.69, 9.17) is 0 Å². The highest BCUT2D eigenvalue weighted by Crippen LogP contribution is 2.25. The Bertz CT molecular complexity index is 332. The highest BCUT2D eigenvalue weighted by atomic mass is 16.3. The molecule has 1 saturated carbocycles. The normalized spacial score (nSPS) is 32.7. The summed E-state index contributed by atoms with van der Waals surface area (Å²) in [5.74, 6) is -0.0307. The van der Waals surface area contributed by atoms with Crippen LogP contribution < -0.4 is 5.32 Å². The van der Waals surface area contributed by atoms with Gasteiger partial charge in [0.1, 0.15) is 0 Å². The highest BCUT2D eigenvalue weighted by molar-refractivity contribution is 5.89. The number of hydrogen-bond acceptors (Lipinski definition) is 3. The monoisotopic (exact) mass is 254 g/mol. The van der Waals surface area contributed by atoms with Gasteiger partial charge in [0.2, 0.25) is 11.8 Å². The largest absolute Gasteiger partial charge is 0.396 e. The third-order valence-corrected chi connectivity index (χ3v) is 4.18. The van der Waals surface area contributed by atoms with Crippen LogP contribution in [0.1, 0.15) is 32.1 Å². The third kappa shape index (κ3) is 2.83. The molecule has 1 heterocycles. The minimum Gasteiger partial charge on any atom is -0.396 e. The van der Waals surface area contributed by atoms with Crippen molar-refractivity contribution in [1.82, 2.24) is 10.2 Å². The Morgan fingerprint density at radius 3 is 2.78 bits per heavy atom.